The second-order valence-electron chi connectivity index (χ2n) is 4.78. The molecule has 1 heterocycles. The first-order valence-corrected chi connectivity index (χ1v) is 6.86. The summed E-state index contributed by atoms with van der Waals surface area (Å²) < 4.78 is 39.2. The minimum atomic E-state index is -4.42. The number of alkyl halides is 3. The second kappa shape index (κ2) is 6.07. The number of nitrogens with zero attached hydrogens (tertiary/aromatic N) is 2. The predicted octanol–water partition coefficient (Wildman–Crippen LogP) is 3.82. The van der Waals surface area contributed by atoms with E-state index < -0.39 is 11.7 Å². The molecule has 0 amide bonds. The fourth-order valence-corrected chi connectivity index (χ4v) is 2.22. The lowest BCUT2D eigenvalue weighted by atomic mass is 10.0. The molecule has 1 aromatic heterocycles. The monoisotopic (exact) mass is 317 g/mol. The summed E-state index contributed by atoms with van der Waals surface area (Å²) in [5.41, 5.74) is 6.34. The van der Waals surface area contributed by atoms with Gasteiger partial charge in [-0.25, -0.2) is 4.68 Å². The highest BCUT2D eigenvalue weighted by atomic mass is 35.5. The van der Waals surface area contributed by atoms with Crippen molar-refractivity contribution in [1.82, 2.24) is 9.78 Å². The normalized spacial score (nSPS) is 13.4. The van der Waals surface area contributed by atoms with E-state index in [0.717, 1.165) is 18.8 Å². The number of halogens is 4. The van der Waals surface area contributed by atoms with Gasteiger partial charge in [-0.05, 0) is 30.5 Å². The maximum absolute atomic E-state index is 12.7. The molecule has 21 heavy (non-hydrogen) atoms. The molecule has 0 aliphatic rings. The highest BCUT2D eigenvalue weighted by Crippen LogP contribution is 2.30. The predicted molar refractivity (Wildman–Crippen MR) is 75.5 cm³/mol. The van der Waals surface area contributed by atoms with Gasteiger partial charge < -0.3 is 5.73 Å². The summed E-state index contributed by atoms with van der Waals surface area (Å²) in [6.45, 7) is 1.94. The van der Waals surface area contributed by atoms with Gasteiger partial charge in [-0.2, -0.15) is 18.3 Å². The van der Waals surface area contributed by atoms with Crippen LogP contribution < -0.4 is 5.73 Å². The number of nitrogens with two attached hydrogens (primary N) is 1. The Morgan fingerprint density at radius 2 is 2.10 bits per heavy atom. The van der Waals surface area contributed by atoms with E-state index in [9.17, 15) is 13.2 Å². The SMILES string of the molecule is CCC(N)Cc1c(Cl)cccc1-n1cc(C(F)(F)F)cn1. The summed E-state index contributed by atoms with van der Waals surface area (Å²) in [7, 11) is 0. The van der Waals surface area contributed by atoms with Gasteiger partial charge in [0.05, 0.1) is 17.4 Å². The Morgan fingerprint density at radius 1 is 1.38 bits per heavy atom. The van der Waals surface area contributed by atoms with Crippen LogP contribution in [0.4, 0.5) is 13.2 Å². The Kier molecular flexibility index (Phi) is 4.58. The Balaban J connectivity index is 2.44. The maximum atomic E-state index is 12.7. The van der Waals surface area contributed by atoms with Crippen LogP contribution in [0.2, 0.25) is 5.02 Å². The van der Waals surface area contributed by atoms with E-state index in [2.05, 4.69) is 5.10 Å². The third-order valence-electron chi connectivity index (χ3n) is 3.24. The minimum absolute atomic E-state index is 0.110. The average molecular weight is 318 g/mol. The molecule has 0 bridgehead atoms. The average Bonchev–Trinajstić information content (AvgIpc) is 2.90. The number of benzene rings is 1. The highest BCUT2D eigenvalue weighted by Gasteiger charge is 2.32. The summed E-state index contributed by atoms with van der Waals surface area (Å²) in [6.07, 6.45) is -1.45. The molecule has 114 valence electrons. The molecular formula is C14H15ClF3N3. The fourth-order valence-electron chi connectivity index (χ4n) is 1.97. The van der Waals surface area contributed by atoms with Crippen molar-refractivity contribution in [1.29, 1.82) is 0 Å². The molecule has 2 N–H and O–H groups in total. The molecule has 2 rings (SSSR count). The molecule has 0 aliphatic carbocycles. The molecule has 2 aromatic rings. The fraction of sp³-hybridized carbons (Fsp3) is 0.357. The van der Waals surface area contributed by atoms with Gasteiger partial charge in [0.25, 0.3) is 0 Å². The van der Waals surface area contributed by atoms with Gasteiger partial charge in [-0.15, -0.1) is 0 Å². The lowest BCUT2D eigenvalue weighted by Gasteiger charge is -2.15. The minimum Gasteiger partial charge on any atom is -0.327 e. The van der Waals surface area contributed by atoms with E-state index in [1.54, 1.807) is 18.2 Å². The van der Waals surface area contributed by atoms with E-state index in [-0.39, 0.29) is 6.04 Å². The second-order valence-corrected chi connectivity index (χ2v) is 5.19. The third-order valence-corrected chi connectivity index (χ3v) is 3.60. The summed E-state index contributed by atoms with van der Waals surface area (Å²) in [5.74, 6) is 0. The zero-order chi connectivity index (χ0) is 15.6. The van der Waals surface area contributed by atoms with Crippen molar-refractivity contribution in [2.45, 2.75) is 32.0 Å². The van der Waals surface area contributed by atoms with Crippen LogP contribution in [0.25, 0.3) is 5.69 Å². The van der Waals surface area contributed by atoms with E-state index >= 15 is 0 Å². The van der Waals surface area contributed by atoms with E-state index in [0.29, 0.717) is 22.7 Å². The maximum Gasteiger partial charge on any atom is 0.419 e. The third kappa shape index (κ3) is 3.57. The van der Waals surface area contributed by atoms with E-state index in [1.165, 1.54) is 4.68 Å². The Bertz CT molecular complexity index is 622. The van der Waals surface area contributed by atoms with Gasteiger partial charge in [0.2, 0.25) is 0 Å². The van der Waals surface area contributed by atoms with Crippen molar-refractivity contribution in [2.75, 3.05) is 0 Å². The lowest BCUT2D eigenvalue weighted by Crippen LogP contribution is -2.22. The van der Waals surface area contributed by atoms with Crippen LogP contribution in [-0.2, 0) is 12.6 Å². The van der Waals surface area contributed by atoms with Crippen LogP contribution in [0.3, 0.4) is 0 Å². The van der Waals surface area contributed by atoms with Crippen LogP contribution in [0.15, 0.2) is 30.6 Å². The number of rotatable bonds is 4. The molecule has 0 saturated carbocycles. The molecule has 0 fully saturated rings. The quantitative estimate of drug-likeness (QED) is 0.931. The first kappa shape index (κ1) is 15.9. The van der Waals surface area contributed by atoms with Crippen LogP contribution >= 0.6 is 11.6 Å². The first-order chi connectivity index (χ1) is 9.82. The molecule has 0 radical (unpaired) electrons. The Labute approximate surface area is 125 Å². The summed E-state index contributed by atoms with van der Waals surface area (Å²) >= 11 is 6.16. The zero-order valence-corrected chi connectivity index (χ0v) is 12.1. The number of hydrogen-bond acceptors (Lipinski definition) is 2. The molecule has 7 heteroatoms. The van der Waals surface area contributed by atoms with Gasteiger partial charge >= 0.3 is 6.18 Å². The van der Waals surface area contributed by atoms with E-state index in [1.807, 2.05) is 6.92 Å². The standard InChI is InChI=1S/C14H15ClF3N3/c1-2-10(19)6-11-12(15)4-3-5-13(11)21-8-9(7-20-21)14(16,17)18/h3-5,7-8,10H,2,6,19H2,1H3. The largest absolute Gasteiger partial charge is 0.419 e. The lowest BCUT2D eigenvalue weighted by molar-refractivity contribution is -0.137. The van der Waals surface area contributed by atoms with Crippen LogP contribution in [0, 0.1) is 0 Å². The highest BCUT2D eigenvalue weighted by molar-refractivity contribution is 6.31. The molecular weight excluding hydrogens is 303 g/mol. The Morgan fingerprint density at radius 3 is 2.67 bits per heavy atom. The summed E-state index contributed by atoms with van der Waals surface area (Å²) in [6, 6.07) is 4.93. The molecule has 1 aromatic carbocycles. The molecule has 1 atom stereocenters. The molecule has 0 spiro atoms. The van der Waals surface area contributed by atoms with E-state index in [4.69, 9.17) is 17.3 Å². The molecule has 0 saturated heterocycles. The van der Waals surface area contributed by atoms with Gasteiger partial charge in [0, 0.05) is 17.3 Å². The first-order valence-electron chi connectivity index (χ1n) is 6.48. The van der Waals surface area contributed by atoms with Gasteiger partial charge in [-0.3, -0.25) is 0 Å². The smallest absolute Gasteiger partial charge is 0.327 e. The van der Waals surface area contributed by atoms with Crippen molar-refractivity contribution in [3.05, 3.63) is 46.7 Å². The van der Waals surface area contributed by atoms with Crippen LogP contribution in [-0.4, -0.2) is 15.8 Å². The number of aromatic nitrogens is 2. The summed E-state index contributed by atoms with van der Waals surface area (Å²) in [4.78, 5) is 0. The zero-order valence-electron chi connectivity index (χ0n) is 11.4. The van der Waals surface area contributed by atoms with Crippen molar-refractivity contribution in [3.8, 4) is 5.69 Å². The summed E-state index contributed by atoms with van der Waals surface area (Å²) in [5, 5.41) is 4.26. The van der Waals surface area contributed by atoms with Crippen molar-refractivity contribution < 1.29 is 13.2 Å². The van der Waals surface area contributed by atoms with Crippen molar-refractivity contribution in [2.24, 2.45) is 5.73 Å². The van der Waals surface area contributed by atoms with Gasteiger partial charge in [0.15, 0.2) is 0 Å². The topological polar surface area (TPSA) is 43.8 Å². The molecule has 3 nitrogen and oxygen atoms in total. The molecule has 0 aliphatic heterocycles. The van der Waals surface area contributed by atoms with Crippen molar-refractivity contribution in [3.63, 3.8) is 0 Å². The van der Waals surface area contributed by atoms with Crippen LogP contribution in [0.1, 0.15) is 24.5 Å². The van der Waals surface area contributed by atoms with Crippen molar-refractivity contribution >= 4 is 11.6 Å². The molecule has 1 unspecified atom stereocenters. The van der Waals surface area contributed by atoms with Crippen LogP contribution in [0.5, 0.6) is 0 Å². The number of hydrogen-bond donors (Lipinski definition) is 1. The Hall–Kier alpha value is -1.53. The van der Waals surface area contributed by atoms with Gasteiger partial charge in [0.1, 0.15) is 0 Å². The van der Waals surface area contributed by atoms with Gasteiger partial charge in [-0.1, -0.05) is 24.6 Å².